The maximum absolute atomic E-state index is 12.4. The van der Waals surface area contributed by atoms with Gasteiger partial charge in [-0.1, -0.05) is 5.16 Å². The molecule has 0 aromatic carbocycles. The summed E-state index contributed by atoms with van der Waals surface area (Å²) in [4.78, 5) is 21.0. The van der Waals surface area contributed by atoms with E-state index in [-0.39, 0.29) is 11.7 Å². The van der Waals surface area contributed by atoms with Gasteiger partial charge >= 0.3 is 0 Å². The van der Waals surface area contributed by atoms with Gasteiger partial charge in [-0.15, -0.1) is 0 Å². The van der Waals surface area contributed by atoms with Gasteiger partial charge in [-0.25, -0.2) is 9.97 Å². The monoisotopic (exact) mass is 288 g/mol. The van der Waals surface area contributed by atoms with Crippen LogP contribution in [-0.2, 0) is 10.3 Å². The molecule has 3 heterocycles. The largest absolute Gasteiger partial charge is 0.381 e. The number of amides is 1. The summed E-state index contributed by atoms with van der Waals surface area (Å²) in [6, 6.07) is 3.35. The molecule has 1 fully saturated rings. The van der Waals surface area contributed by atoms with Crippen molar-refractivity contribution in [3.8, 4) is 0 Å². The second-order valence-corrected chi connectivity index (χ2v) is 5.05. The molecule has 7 heteroatoms. The summed E-state index contributed by atoms with van der Waals surface area (Å²) in [7, 11) is 0. The highest BCUT2D eigenvalue weighted by Crippen LogP contribution is 2.29. The summed E-state index contributed by atoms with van der Waals surface area (Å²) in [5, 5.41) is 6.74. The number of nitrogens with one attached hydrogen (secondary N) is 1. The van der Waals surface area contributed by atoms with E-state index in [4.69, 9.17) is 9.26 Å². The molecular weight excluding hydrogens is 272 g/mol. The molecule has 0 unspecified atom stereocenters. The summed E-state index contributed by atoms with van der Waals surface area (Å²) in [5.41, 5.74) is 0.0363. The van der Waals surface area contributed by atoms with Crippen LogP contribution in [0, 0.1) is 6.92 Å². The van der Waals surface area contributed by atoms with Crippen LogP contribution in [0.15, 0.2) is 29.0 Å². The number of carbonyl (C=O) groups excluding carboxylic acids is 1. The fourth-order valence-electron chi connectivity index (χ4n) is 2.42. The lowest BCUT2D eigenvalue weighted by atomic mass is 9.88. The highest BCUT2D eigenvalue weighted by atomic mass is 16.5. The second kappa shape index (κ2) is 5.61. The molecule has 0 atom stereocenters. The smallest absolute Gasteiger partial charge is 0.290 e. The van der Waals surface area contributed by atoms with E-state index in [0.717, 1.165) is 0 Å². The van der Waals surface area contributed by atoms with Crippen molar-refractivity contribution in [3.63, 3.8) is 0 Å². The van der Waals surface area contributed by atoms with Crippen molar-refractivity contribution >= 4 is 5.91 Å². The van der Waals surface area contributed by atoms with E-state index >= 15 is 0 Å². The topological polar surface area (TPSA) is 90.1 Å². The molecule has 2 aromatic heterocycles. The Bertz CT molecular complexity index is 620. The average Bonchev–Trinajstić information content (AvgIpc) is 2.96. The van der Waals surface area contributed by atoms with Crippen molar-refractivity contribution in [3.05, 3.63) is 41.8 Å². The molecule has 2 aromatic rings. The van der Waals surface area contributed by atoms with Crippen LogP contribution in [0.5, 0.6) is 0 Å². The molecular formula is C14H16N4O3. The Morgan fingerprint density at radius 3 is 2.62 bits per heavy atom. The van der Waals surface area contributed by atoms with Gasteiger partial charge in [0.2, 0.25) is 5.76 Å². The highest BCUT2D eigenvalue weighted by Gasteiger charge is 2.39. The Morgan fingerprint density at radius 2 is 2.00 bits per heavy atom. The third kappa shape index (κ3) is 2.78. The number of carbonyl (C=O) groups is 1. The van der Waals surface area contributed by atoms with Crippen LogP contribution in [-0.4, -0.2) is 34.2 Å². The van der Waals surface area contributed by atoms with Gasteiger partial charge in [0, 0.05) is 44.5 Å². The summed E-state index contributed by atoms with van der Waals surface area (Å²) in [5.74, 6) is 0.470. The minimum Gasteiger partial charge on any atom is -0.381 e. The first kappa shape index (κ1) is 13.7. The van der Waals surface area contributed by atoms with Crippen LogP contribution >= 0.6 is 0 Å². The first-order valence-corrected chi connectivity index (χ1v) is 6.81. The fourth-order valence-corrected chi connectivity index (χ4v) is 2.42. The van der Waals surface area contributed by atoms with Crippen molar-refractivity contribution in [2.45, 2.75) is 25.3 Å². The quantitative estimate of drug-likeness (QED) is 0.913. The minimum atomic E-state index is -0.628. The number of hydrogen-bond donors (Lipinski definition) is 1. The maximum Gasteiger partial charge on any atom is 0.290 e. The predicted molar refractivity (Wildman–Crippen MR) is 72.5 cm³/mol. The third-order valence-electron chi connectivity index (χ3n) is 3.54. The SMILES string of the molecule is Cc1cc(C(=O)NC2(c3ncccn3)CCOCC2)on1. The van der Waals surface area contributed by atoms with Crippen LogP contribution in [0.3, 0.4) is 0 Å². The molecule has 0 bridgehead atoms. The molecule has 21 heavy (non-hydrogen) atoms. The normalized spacial score (nSPS) is 17.4. The van der Waals surface area contributed by atoms with Gasteiger partial charge in [0.1, 0.15) is 5.54 Å². The van der Waals surface area contributed by atoms with E-state index in [1.165, 1.54) is 0 Å². The molecule has 1 N–H and O–H groups in total. The summed E-state index contributed by atoms with van der Waals surface area (Å²) in [6.45, 7) is 2.87. The van der Waals surface area contributed by atoms with Crippen LogP contribution in [0.2, 0.25) is 0 Å². The molecule has 1 aliphatic rings. The number of ether oxygens (including phenoxy) is 1. The van der Waals surface area contributed by atoms with Crippen molar-refractivity contribution in [1.82, 2.24) is 20.4 Å². The van der Waals surface area contributed by atoms with E-state index in [0.29, 0.717) is 37.6 Å². The summed E-state index contributed by atoms with van der Waals surface area (Å²) in [6.07, 6.45) is 4.58. The Kier molecular flexibility index (Phi) is 3.66. The Balaban J connectivity index is 1.88. The first-order valence-electron chi connectivity index (χ1n) is 6.81. The Morgan fingerprint density at radius 1 is 1.29 bits per heavy atom. The van der Waals surface area contributed by atoms with Crippen molar-refractivity contribution in [2.75, 3.05) is 13.2 Å². The molecule has 1 amide bonds. The molecule has 0 radical (unpaired) electrons. The van der Waals surface area contributed by atoms with Gasteiger partial charge in [-0.2, -0.15) is 0 Å². The van der Waals surface area contributed by atoms with Crippen molar-refractivity contribution < 1.29 is 14.1 Å². The second-order valence-electron chi connectivity index (χ2n) is 5.05. The summed E-state index contributed by atoms with van der Waals surface area (Å²) >= 11 is 0. The standard InChI is InChI=1S/C14H16N4O3/c1-10-9-11(21-18-10)12(19)17-14(3-7-20-8-4-14)13-15-5-2-6-16-13/h2,5-6,9H,3-4,7-8H2,1H3,(H,17,19). The van der Waals surface area contributed by atoms with Crippen molar-refractivity contribution in [1.29, 1.82) is 0 Å². The molecule has 0 aliphatic carbocycles. The lowest BCUT2D eigenvalue weighted by Gasteiger charge is -2.36. The van der Waals surface area contributed by atoms with Crippen molar-refractivity contribution in [2.24, 2.45) is 0 Å². The molecule has 110 valence electrons. The number of aryl methyl sites for hydroxylation is 1. The maximum atomic E-state index is 12.4. The lowest BCUT2D eigenvalue weighted by molar-refractivity contribution is 0.0304. The number of rotatable bonds is 3. The first-order chi connectivity index (χ1) is 10.2. The fraction of sp³-hybridized carbons (Fsp3) is 0.429. The van der Waals surface area contributed by atoms with Gasteiger partial charge in [-0.3, -0.25) is 4.79 Å². The molecule has 1 saturated heterocycles. The van der Waals surface area contributed by atoms with E-state index in [9.17, 15) is 4.79 Å². The van der Waals surface area contributed by atoms with E-state index in [1.54, 1.807) is 31.5 Å². The molecule has 1 aliphatic heterocycles. The zero-order chi connectivity index (χ0) is 14.7. The highest BCUT2D eigenvalue weighted by molar-refractivity contribution is 5.92. The van der Waals surface area contributed by atoms with Crippen LogP contribution in [0.1, 0.15) is 34.9 Å². The van der Waals surface area contributed by atoms with Crippen LogP contribution in [0.25, 0.3) is 0 Å². The minimum absolute atomic E-state index is 0.189. The van der Waals surface area contributed by atoms with Crippen LogP contribution in [0.4, 0.5) is 0 Å². The van der Waals surface area contributed by atoms with E-state index in [2.05, 4.69) is 20.4 Å². The lowest BCUT2D eigenvalue weighted by Crippen LogP contribution is -2.50. The third-order valence-corrected chi connectivity index (χ3v) is 3.54. The molecule has 0 saturated carbocycles. The number of hydrogen-bond acceptors (Lipinski definition) is 6. The van der Waals surface area contributed by atoms with E-state index in [1.807, 2.05) is 0 Å². The molecule has 7 nitrogen and oxygen atoms in total. The number of nitrogens with zero attached hydrogens (tertiary/aromatic N) is 3. The zero-order valence-corrected chi connectivity index (χ0v) is 11.7. The zero-order valence-electron chi connectivity index (χ0n) is 11.7. The summed E-state index contributed by atoms with van der Waals surface area (Å²) < 4.78 is 10.4. The van der Waals surface area contributed by atoms with Gasteiger partial charge in [0.15, 0.2) is 5.82 Å². The van der Waals surface area contributed by atoms with E-state index < -0.39 is 5.54 Å². The molecule has 3 rings (SSSR count). The van der Waals surface area contributed by atoms with Gasteiger partial charge in [-0.05, 0) is 13.0 Å². The van der Waals surface area contributed by atoms with Gasteiger partial charge in [0.05, 0.1) is 5.69 Å². The Hall–Kier alpha value is -2.28. The molecule has 0 spiro atoms. The average molecular weight is 288 g/mol. The number of aromatic nitrogens is 3. The predicted octanol–water partition coefficient (Wildman–Crippen LogP) is 1.21. The van der Waals surface area contributed by atoms with Gasteiger partial charge < -0.3 is 14.6 Å². The van der Waals surface area contributed by atoms with Crippen LogP contribution < -0.4 is 5.32 Å². The Labute approximate surface area is 121 Å². The van der Waals surface area contributed by atoms with Gasteiger partial charge in [0.25, 0.3) is 5.91 Å².